The van der Waals surface area contributed by atoms with Gasteiger partial charge in [-0.05, 0) is 49.1 Å². The summed E-state index contributed by atoms with van der Waals surface area (Å²) in [5.41, 5.74) is 6.10. The van der Waals surface area contributed by atoms with Crippen LogP contribution in [0.25, 0.3) is 22.5 Å². The highest BCUT2D eigenvalue weighted by Gasteiger charge is 2.12. The molecule has 1 aromatic carbocycles. The normalized spacial score (nSPS) is 14.6. The van der Waals surface area contributed by atoms with E-state index in [4.69, 9.17) is 9.97 Å². The average molecular weight is 399 g/mol. The minimum Gasteiger partial charge on any atom is -0.228 e. The molecule has 0 saturated heterocycles. The Balaban J connectivity index is 2.21. The molecule has 0 amide bonds. The molecule has 2 aromatic rings. The van der Waals surface area contributed by atoms with Crippen molar-refractivity contribution in [1.82, 2.24) is 9.97 Å². The fourth-order valence-electron chi connectivity index (χ4n) is 3.04. The molecule has 0 N–H and O–H groups in total. The van der Waals surface area contributed by atoms with Gasteiger partial charge in [-0.3, -0.25) is 0 Å². The third kappa shape index (κ3) is 5.55. The molecule has 1 aliphatic carbocycles. The first-order valence-electron chi connectivity index (χ1n) is 9.84. The molecule has 29 heavy (non-hydrogen) atoms. The summed E-state index contributed by atoms with van der Waals surface area (Å²) in [5, 5.41) is 0. The van der Waals surface area contributed by atoms with Gasteiger partial charge in [-0.1, -0.05) is 79.0 Å². The fourth-order valence-corrected chi connectivity index (χ4v) is 3.23. The highest BCUT2D eigenvalue weighted by Crippen LogP contribution is 2.26. The van der Waals surface area contributed by atoms with Crippen molar-refractivity contribution in [3.8, 4) is 11.4 Å². The summed E-state index contributed by atoms with van der Waals surface area (Å²) < 4.78 is 0. The van der Waals surface area contributed by atoms with Gasteiger partial charge in [0.05, 0.1) is 11.4 Å². The monoisotopic (exact) mass is 398 g/mol. The molecule has 1 aromatic heterocycles. The van der Waals surface area contributed by atoms with Crippen molar-refractivity contribution in [2.75, 3.05) is 0 Å². The van der Waals surface area contributed by atoms with Crippen LogP contribution in [-0.2, 0) is 5.75 Å². The standard InChI is InChI=1S/C26H26N2S/c1-3-5-13-21(11-4-2)24-18-25(22-14-8-6-7-9-15-22)28-26(27-24)23-16-10-12-20(17-23)19-29/h3-6,8-18,29H,7,19H2,1-2H3/b5-3-,11-4-,21-13+. The van der Waals surface area contributed by atoms with Crippen molar-refractivity contribution in [2.45, 2.75) is 26.0 Å². The summed E-state index contributed by atoms with van der Waals surface area (Å²) in [7, 11) is 0. The molecular weight excluding hydrogens is 372 g/mol. The van der Waals surface area contributed by atoms with Crippen LogP contribution >= 0.6 is 12.6 Å². The summed E-state index contributed by atoms with van der Waals surface area (Å²) in [6, 6.07) is 10.3. The maximum atomic E-state index is 4.91. The van der Waals surface area contributed by atoms with Crippen LogP contribution < -0.4 is 0 Å². The Morgan fingerprint density at radius 2 is 2.00 bits per heavy atom. The number of nitrogens with zero attached hydrogens (tertiary/aromatic N) is 2. The van der Waals surface area contributed by atoms with Gasteiger partial charge in [0.15, 0.2) is 5.82 Å². The van der Waals surface area contributed by atoms with Crippen LogP contribution in [0, 0.1) is 0 Å². The lowest BCUT2D eigenvalue weighted by molar-refractivity contribution is 1.13. The Hall–Kier alpha value is -2.91. The SMILES string of the molecule is C\C=C/C=C(\C=C/C)c1cc(C2=CC=CCC=C2)nc(-c2cccc(CS)c2)n1. The third-order valence-corrected chi connectivity index (χ3v) is 4.85. The van der Waals surface area contributed by atoms with E-state index >= 15 is 0 Å². The number of hydrogen-bond donors (Lipinski definition) is 1. The molecule has 1 aliphatic rings. The minimum absolute atomic E-state index is 0.685. The Bertz CT molecular complexity index is 1040. The van der Waals surface area contributed by atoms with Gasteiger partial charge < -0.3 is 0 Å². The van der Waals surface area contributed by atoms with Gasteiger partial charge in [0.2, 0.25) is 0 Å². The number of benzene rings is 1. The van der Waals surface area contributed by atoms with E-state index in [9.17, 15) is 0 Å². The van der Waals surface area contributed by atoms with Crippen molar-refractivity contribution in [2.24, 2.45) is 0 Å². The van der Waals surface area contributed by atoms with Crippen molar-refractivity contribution in [3.05, 3.63) is 108 Å². The van der Waals surface area contributed by atoms with Gasteiger partial charge in [-0.15, -0.1) is 0 Å². The number of hydrogen-bond acceptors (Lipinski definition) is 3. The van der Waals surface area contributed by atoms with Crippen molar-refractivity contribution in [1.29, 1.82) is 0 Å². The maximum absolute atomic E-state index is 4.91. The largest absolute Gasteiger partial charge is 0.228 e. The molecule has 0 atom stereocenters. The van der Waals surface area contributed by atoms with Crippen molar-refractivity contribution >= 4 is 23.8 Å². The van der Waals surface area contributed by atoms with Crippen LogP contribution in [0.15, 0.2) is 91.1 Å². The second-order valence-electron chi connectivity index (χ2n) is 6.66. The summed E-state index contributed by atoms with van der Waals surface area (Å²) in [6.45, 7) is 4.03. The van der Waals surface area contributed by atoms with Crippen LogP contribution in [0.2, 0.25) is 0 Å². The Morgan fingerprint density at radius 3 is 2.79 bits per heavy atom. The first kappa shape index (κ1) is 20.8. The van der Waals surface area contributed by atoms with E-state index in [1.807, 2.05) is 38.1 Å². The predicted octanol–water partition coefficient (Wildman–Crippen LogP) is 7.01. The summed E-state index contributed by atoms with van der Waals surface area (Å²) >= 11 is 4.41. The molecule has 0 saturated carbocycles. The van der Waals surface area contributed by atoms with Crippen molar-refractivity contribution in [3.63, 3.8) is 0 Å². The highest BCUT2D eigenvalue weighted by atomic mass is 32.1. The molecule has 146 valence electrons. The van der Waals surface area contributed by atoms with Crippen LogP contribution in [0.5, 0.6) is 0 Å². The average Bonchev–Trinajstić information content (AvgIpc) is 3.06. The van der Waals surface area contributed by atoms with E-state index in [0.29, 0.717) is 5.75 Å². The molecule has 0 aliphatic heterocycles. The van der Waals surface area contributed by atoms with Gasteiger partial charge in [0.25, 0.3) is 0 Å². The predicted molar refractivity (Wildman–Crippen MR) is 129 cm³/mol. The number of thiol groups is 1. The third-order valence-electron chi connectivity index (χ3n) is 4.48. The second kappa shape index (κ2) is 10.6. The Labute approximate surface area is 179 Å². The van der Waals surface area contributed by atoms with E-state index in [2.05, 4.69) is 79.4 Å². The van der Waals surface area contributed by atoms with E-state index in [1.54, 1.807) is 0 Å². The molecule has 2 nitrogen and oxygen atoms in total. The van der Waals surface area contributed by atoms with Gasteiger partial charge in [-0.25, -0.2) is 9.97 Å². The molecule has 0 radical (unpaired) electrons. The molecule has 1 heterocycles. The number of allylic oxidation sites excluding steroid dienone is 12. The summed E-state index contributed by atoms with van der Waals surface area (Å²) in [5.74, 6) is 1.41. The van der Waals surface area contributed by atoms with E-state index in [-0.39, 0.29) is 0 Å². The van der Waals surface area contributed by atoms with Gasteiger partial charge in [-0.2, -0.15) is 12.6 Å². The zero-order valence-corrected chi connectivity index (χ0v) is 17.8. The summed E-state index contributed by atoms with van der Waals surface area (Å²) in [4.78, 5) is 9.82. The van der Waals surface area contributed by atoms with Crippen LogP contribution in [0.3, 0.4) is 0 Å². The zero-order valence-electron chi connectivity index (χ0n) is 16.9. The van der Waals surface area contributed by atoms with Crippen LogP contribution in [0.1, 0.15) is 37.2 Å². The number of aromatic nitrogens is 2. The zero-order chi connectivity index (χ0) is 20.5. The van der Waals surface area contributed by atoms with E-state index < -0.39 is 0 Å². The maximum Gasteiger partial charge on any atom is 0.160 e. The fraction of sp³-hybridized carbons (Fsp3) is 0.154. The van der Waals surface area contributed by atoms with Crippen LogP contribution in [-0.4, -0.2) is 9.97 Å². The van der Waals surface area contributed by atoms with E-state index in [0.717, 1.165) is 45.9 Å². The van der Waals surface area contributed by atoms with Gasteiger partial charge in [0, 0.05) is 11.3 Å². The molecule has 0 bridgehead atoms. The minimum atomic E-state index is 0.685. The lowest BCUT2D eigenvalue weighted by atomic mass is 10.0. The Morgan fingerprint density at radius 1 is 1.10 bits per heavy atom. The smallest absolute Gasteiger partial charge is 0.160 e. The lowest BCUT2D eigenvalue weighted by Gasteiger charge is -2.11. The molecule has 3 rings (SSSR count). The first-order valence-corrected chi connectivity index (χ1v) is 10.5. The molecule has 0 fully saturated rings. The van der Waals surface area contributed by atoms with Gasteiger partial charge >= 0.3 is 0 Å². The first-order chi connectivity index (χ1) is 14.2. The number of rotatable bonds is 6. The molecular formula is C26H26N2S. The van der Waals surface area contributed by atoms with Gasteiger partial charge in [0.1, 0.15) is 0 Å². The molecule has 0 spiro atoms. The van der Waals surface area contributed by atoms with Crippen LogP contribution in [0.4, 0.5) is 0 Å². The lowest BCUT2D eigenvalue weighted by Crippen LogP contribution is -2.00. The van der Waals surface area contributed by atoms with E-state index in [1.165, 1.54) is 0 Å². The highest BCUT2D eigenvalue weighted by molar-refractivity contribution is 7.79. The second-order valence-corrected chi connectivity index (χ2v) is 6.97. The molecule has 3 heteroatoms. The van der Waals surface area contributed by atoms with Crippen molar-refractivity contribution < 1.29 is 0 Å². The molecule has 0 unspecified atom stereocenters. The quantitative estimate of drug-likeness (QED) is 0.418. The Kier molecular flexibility index (Phi) is 7.60. The summed E-state index contributed by atoms with van der Waals surface area (Å²) in [6.07, 6.45) is 21.8. The topological polar surface area (TPSA) is 25.8 Å².